The largest absolute Gasteiger partial charge is 0.489 e. The second-order valence-corrected chi connectivity index (χ2v) is 5.47. The Kier molecular flexibility index (Phi) is 4.46. The Balaban J connectivity index is 2.15. The number of benzene rings is 2. The van der Waals surface area contributed by atoms with Crippen LogP contribution < -0.4 is 10.5 Å². The summed E-state index contributed by atoms with van der Waals surface area (Å²) in [4.78, 5) is 0. The van der Waals surface area contributed by atoms with Gasteiger partial charge in [-0.15, -0.1) is 0 Å². The van der Waals surface area contributed by atoms with Crippen molar-refractivity contribution in [3.63, 3.8) is 0 Å². The SMILES string of the molecule is Cc1cc(C(C)N)ccc1OCc1c(C)cccc1C. The van der Waals surface area contributed by atoms with Gasteiger partial charge in [-0.3, -0.25) is 0 Å². The first-order valence-corrected chi connectivity index (χ1v) is 7.03. The lowest BCUT2D eigenvalue weighted by Gasteiger charge is -2.14. The number of rotatable bonds is 4. The number of hydrogen-bond donors (Lipinski definition) is 1. The molecule has 106 valence electrons. The van der Waals surface area contributed by atoms with Gasteiger partial charge in [0.1, 0.15) is 12.4 Å². The summed E-state index contributed by atoms with van der Waals surface area (Å²) >= 11 is 0. The number of nitrogens with two attached hydrogens (primary N) is 1. The van der Waals surface area contributed by atoms with E-state index in [1.54, 1.807) is 0 Å². The van der Waals surface area contributed by atoms with E-state index in [1.807, 2.05) is 19.1 Å². The third kappa shape index (κ3) is 3.20. The van der Waals surface area contributed by atoms with Crippen molar-refractivity contribution in [2.75, 3.05) is 0 Å². The van der Waals surface area contributed by atoms with E-state index in [-0.39, 0.29) is 6.04 Å². The molecule has 0 spiro atoms. The lowest BCUT2D eigenvalue weighted by molar-refractivity contribution is 0.302. The maximum atomic E-state index is 5.98. The summed E-state index contributed by atoms with van der Waals surface area (Å²) in [6.45, 7) is 8.91. The van der Waals surface area contributed by atoms with Gasteiger partial charge >= 0.3 is 0 Å². The van der Waals surface area contributed by atoms with Gasteiger partial charge in [0.2, 0.25) is 0 Å². The normalized spacial score (nSPS) is 12.2. The molecule has 0 heterocycles. The Bertz CT molecular complexity index is 582. The van der Waals surface area contributed by atoms with Crippen LogP contribution in [0.1, 0.15) is 40.8 Å². The average Bonchev–Trinajstić information content (AvgIpc) is 2.39. The third-order valence-corrected chi connectivity index (χ3v) is 3.74. The van der Waals surface area contributed by atoms with Crippen molar-refractivity contribution >= 4 is 0 Å². The van der Waals surface area contributed by atoms with Crippen molar-refractivity contribution in [2.24, 2.45) is 5.73 Å². The van der Waals surface area contributed by atoms with Gasteiger partial charge in [0, 0.05) is 6.04 Å². The smallest absolute Gasteiger partial charge is 0.122 e. The minimum Gasteiger partial charge on any atom is -0.489 e. The standard InChI is InChI=1S/C18H23NO/c1-12-6-5-7-13(2)17(12)11-20-18-9-8-16(15(4)19)10-14(18)3/h5-10,15H,11,19H2,1-4H3. The number of ether oxygens (including phenoxy) is 1. The second kappa shape index (κ2) is 6.10. The Labute approximate surface area is 121 Å². The fourth-order valence-corrected chi connectivity index (χ4v) is 2.34. The first kappa shape index (κ1) is 14.6. The molecule has 2 nitrogen and oxygen atoms in total. The molecule has 2 rings (SSSR count). The van der Waals surface area contributed by atoms with Gasteiger partial charge in [0.15, 0.2) is 0 Å². The highest BCUT2D eigenvalue weighted by Gasteiger charge is 2.07. The molecule has 0 saturated carbocycles. The predicted octanol–water partition coefficient (Wildman–Crippen LogP) is 4.21. The van der Waals surface area contributed by atoms with E-state index in [0.29, 0.717) is 6.61 Å². The topological polar surface area (TPSA) is 35.2 Å². The molecule has 0 saturated heterocycles. The molecule has 1 unspecified atom stereocenters. The van der Waals surface area contributed by atoms with E-state index in [4.69, 9.17) is 10.5 Å². The molecular formula is C18H23NO. The van der Waals surface area contributed by atoms with Gasteiger partial charge in [-0.05, 0) is 61.6 Å². The maximum absolute atomic E-state index is 5.98. The monoisotopic (exact) mass is 269 g/mol. The zero-order valence-electron chi connectivity index (χ0n) is 12.7. The maximum Gasteiger partial charge on any atom is 0.122 e. The summed E-state index contributed by atoms with van der Waals surface area (Å²) in [5.74, 6) is 0.928. The minimum absolute atomic E-state index is 0.0568. The fraction of sp³-hybridized carbons (Fsp3) is 0.333. The summed E-state index contributed by atoms with van der Waals surface area (Å²) in [5, 5.41) is 0. The Morgan fingerprint density at radius 2 is 1.65 bits per heavy atom. The van der Waals surface area contributed by atoms with Crippen LogP contribution in [0.4, 0.5) is 0 Å². The number of aryl methyl sites for hydroxylation is 3. The van der Waals surface area contributed by atoms with Crippen LogP contribution in [0.2, 0.25) is 0 Å². The lowest BCUT2D eigenvalue weighted by atomic mass is 10.0. The molecular weight excluding hydrogens is 246 g/mol. The van der Waals surface area contributed by atoms with Gasteiger partial charge in [-0.25, -0.2) is 0 Å². The summed E-state index contributed by atoms with van der Waals surface area (Å²) in [7, 11) is 0. The van der Waals surface area contributed by atoms with E-state index in [2.05, 4.69) is 45.0 Å². The van der Waals surface area contributed by atoms with Gasteiger partial charge in [-0.1, -0.05) is 30.3 Å². The lowest BCUT2D eigenvalue weighted by Crippen LogP contribution is -2.06. The van der Waals surface area contributed by atoms with Crippen molar-refractivity contribution in [2.45, 2.75) is 40.3 Å². The Hall–Kier alpha value is -1.80. The van der Waals surface area contributed by atoms with Crippen LogP contribution in [0.5, 0.6) is 5.75 Å². The van der Waals surface area contributed by atoms with Gasteiger partial charge in [0.05, 0.1) is 0 Å². The van der Waals surface area contributed by atoms with Crippen LogP contribution >= 0.6 is 0 Å². The van der Waals surface area contributed by atoms with E-state index in [1.165, 1.54) is 16.7 Å². The van der Waals surface area contributed by atoms with Gasteiger partial charge in [0.25, 0.3) is 0 Å². The van der Waals surface area contributed by atoms with Crippen LogP contribution in [0.25, 0.3) is 0 Å². The Morgan fingerprint density at radius 3 is 2.20 bits per heavy atom. The Morgan fingerprint density at radius 1 is 1.00 bits per heavy atom. The fourth-order valence-electron chi connectivity index (χ4n) is 2.34. The summed E-state index contributed by atoms with van der Waals surface area (Å²) in [5.41, 5.74) is 12.0. The predicted molar refractivity (Wildman–Crippen MR) is 84.0 cm³/mol. The zero-order chi connectivity index (χ0) is 14.7. The molecule has 2 N–H and O–H groups in total. The minimum atomic E-state index is 0.0568. The number of hydrogen-bond acceptors (Lipinski definition) is 2. The van der Waals surface area contributed by atoms with Crippen LogP contribution in [-0.4, -0.2) is 0 Å². The van der Waals surface area contributed by atoms with Crippen LogP contribution in [-0.2, 0) is 6.61 Å². The molecule has 1 atom stereocenters. The third-order valence-electron chi connectivity index (χ3n) is 3.74. The van der Waals surface area contributed by atoms with Crippen LogP contribution in [0, 0.1) is 20.8 Å². The highest BCUT2D eigenvalue weighted by atomic mass is 16.5. The molecule has 20 heavy (non-hydrogen) atoms. The van der Waals surface area contributed by atoms with E-state index in [9.17, 15) is 0 Å². The summed E-state index contributed by atoms with van der Waals surface area (Å²) in [6.07, 6.45) is 0. The second-order valence-electron chi connectivity index (χ2n) is 5.47. The van der Waals surface area contributed by atoms with Gasteiger partial charge < -0.3 is 10.5 Å². The first-order valence-electron chi connectivity index (χ1n) is 7.03. The van der Waals surface area contributed by atoms with E-state index >= 15 is 0 Å². The average molecular weight is 269 g/mol. The zero-order valence-corrected chi connectivity index (χ0v) is 12.7. The molecule has 0 fully saturated rings. The van der Waals surface area contributed by atoms with Crippen molar-refractivity contribution in [3.05, 3.63) is 64.2 Å². The summed E-state index contributed by atoms with van der Waals surface area (Å²) in [6, 6.07) is 12.5. The quantitative estimate of drug-likeness (QED) is 0.902. The highest BCUT2D eigenvalue weighted by molar-refractivity contribution is 5.38. The van der Waals surface area contributed by atoms with Crippen molar-refractivity contribution in [1.82, 2.24) is 0 Å². The summed E-state index contributed by atoms with van der Waals surface area (Å²) < 4.78 is 5.98. The molecule has 0 aliphatic heterocycles. The van der Waals surface area contributed by atoms with Crippen LogP contribution in [0.3, 0.4) is 0 Å². The molecule has 2 aromatic carbocycles. The van der Waals surface area contributed by atoms with E-state index < -0.39 is 0 Å². The van der Waals surface area contributed by atoms with Crippen molar-refractivity contribution < 1.29 is 4.74 Å². The molecule has 0 aliphatic carbocycles. The first-order chi connectivity index (χ1) is 9.49. The van der Waals surface area contributed by atoms with Gasteiger partial charge in [-0.2, -0.15) is 0 Å². The highest BCUT2D eigenvalue weighted by Crippen LogP contribution is 2.24. The molecule has 2 heteroatoms. The molecule has 0 aliphatic rings. The molecule has 0 bridgehead atoms. The van der Waals surface area contributed by atoms with Crippen LogP contribution in [0.15, 0.2) is 36.4 Å². The molecule has 0 radical (unpaired) electrons. The van der Waals surface area contributed by atoms with Crippen molar-refractivity contribution in [1.29, 1.82) is 0 Å². The molecule has 0 aromatic heterocycles. The molecule has 0 amide bonds. The van der Waals surface area contributed by atoms with Crippen molar-refractivity contribution in [3.8, 4) is 5.75 Å². The molecule has 2 aromatic rings. The van der Waals surface area contributed by atoms with E-state index in [0.717, 1.165) is 16.9 Å².